The van der Waals surface area contributed by atoms with E-state index in [1.54, 1.807) is 18.2 Å². The summed E-state index contributed by atoms with van der Waals surface area (Å²) in [6.45, 7) is 0. The quantitative estimate of drug-likeness (QED) is 0.628. The highest BCUT2D eigenvalue weighted by Gasteiger charge is 2.30. The number of rotatable bonds is 4. The minimum atomic E-state index is -0.491. The van der Waals surface area contributed by atoms with Crippen molar-refractivity contribution in [3.63, 3.8) is 0 Å². The van der Waals surface area contributed by atoms with Gasteiger partial charge in [-0.1, -0.05) is 28.3 Å². The molecule has 10 heteroatoms. The lowest BCUT2D eigenvalue weighted by Gasteiger charge is -2.13. The third-order valence-corrected chi connectivity index (χ3v) is 4.63. The number of carbonyl (C=O) groups is 3. The molecule has 0 unspecified atom stereocenters. The first-order chi connectivity index (χ1) is 13.9. The number of aromatic nitrogens is 2. The van der Waals surface area contributed by atoms with Gasteiger partial charge in [0.2, 0.25) is 17.7 Å². The molecular weight excluding hydrogens is 419 g/mol. The van der Waals surface area contributed by atoms with Crippen LogP contribution in [0, 0.1) is 0 Å². The van der Waals surface area contributed by atoms with Gasteiger partial charge in [-0.2, -0.15) is 0 Å². The Bertz CT molecular complexity index is 1090. The van der Waals surface area contributed by atoms with Gasteiger partial charge in [0.15, 0.2) is 0 Å². The molecule has 29 heavy (non-hydrogen) atoms. The lowest BCUT2D eigenvalue weighted by molar-refractivity contribution is -0.121. The van der Waals surface area contributed by atoms with E-state index in [9.17, 15) is 14.4 Å². The molecule has 3 amide bonds. The minimum Gasteiger partial charge on any atom is -0.403 e. The molecule has 0 radical (unpaired) electrons. The molecule has 4 rings (SSSR count). The van der Waals surface area contributed by atoms with Crippen molar-refractivity contribution in [2.45, 2.75) is 12.8 Å². The summed E-state index contributed by atoms with van der Waals surface area (Å²) >= 11 is 11.9. The third kappa shape index (κ3) is 3.98. The molecule has 2 aromatic carbocycles. The van der Waals surface area contributed by atoms with Gasteiger partial charge in [-0.25, -0.2) is 0 Å². The number of benzene rings is 2. The van der Waals surface area contributed by atoms with E-state index < -0.39 is 5.91 Å². The van der Waals surface area contributed by atoms with E-state index in [0.717, 1.165) is 4.90 Å². The molecule has 0 atom stereocenters. The summed E-state index contributed by atoms with van der Waals surface area (Å²) in [6.07, 6.45) is 0.386. The number of carbonyl (C=O) groups excluding carboxylic acids is 3. The molecule has 1 aliphatic rings. The highest BCUT2D eigenvalue weighted by atomic mass is 35.5. The lowest BCUT2D eigenvalue weighted by Crippen LogP contribution is -2.28. The molecule has 146 valence electrons. The van der Waals surface area contributed by atoms with E-state index in [1.807, 2.05) is 0 Å². The number of imide groups is 1. The van der Waals surface area contributed by atoms with Crippen LogP contribution in [0.5, 0.6) is 0 Å². The summed E-state index contributed by atoms with van der Waals surface area (Å²) in [5.74, 6) is -0.862. The van der Waals surface area contributed by atoms with Crippen molar-refractivity contribution in [3.05, 3.63) is 58.1 Å². The predicted octanol–water partition coefficient (Wildman–Crippen LogP) is 3.95. The van der Waals surface area contributed by atoms with Crippen LogP contribution in [0.3, 0.4) is 0 Å². The summed E-state index contributed by atoms with van der Waals surface area (Å²) in [6, 6.07) is 10.7. The summed E-state index contributed by atoms with van der Waals surface area (Å²) in [5, 5.41) is 11.0. The second kappa shape index (κ2) is 7.65. The first-order valence-corrected chi connectivity index (χ1v) is 9.23. The molecule has 3 aromatic rings. The van der Waals surface area contributed by atoms with Crippen molar-refractivity contribution in [1.29, 1.82) is 0 Å². The van der Waals surface area contributed by atoms with E-state index in [2.05, 4.69) is 15.5 Å². The second-order valence-corrected chi connectivity index (χ2v) is 7.07. The number of nitrogens with one attached hydrogen (secondary N) is 1. The fraction of sp³-hybridized carbons (Fsp3) is 0.105. The normalized spacial score (nSPS) is 13.8. The average molecular weight is 431 g/mol. The Kier molecular flexibility index (Phi) is 5.04. The van der Waals surface area contributed by atoms with Gasteiger partial charge in [-0.05, 0) is 42.5 Å². The number of amides is 3. The van der Waals surface area contributed by atoms with Gasteiger partial charge in [0.05, 0.1) is 5.69 Å². The Labute approximate surface area is 174 Å². The maximum Gasteiger partial charge on any atom is 0.322 e. The van der Waals surface area contributed by atoms with E-state index in [1.165, 1.54) is 24.3 Å². The molecule has 0 bridgehead atoms. The Morgan fingerprint density at radius 2 is 1.59 bits per heavy atom. The zero-order chi connectivity index (χ0) is 20.5. The SMILES string of the molecule is O=C(Nc1nnc(-c2cc(Cl)cc(Cl)c2)o1)c1ccc(N2C(=O)CCC2=O)cc1. The van der Waals surface area contributed by atoms with E-state index in [-0.39, 0.29) is 36.6 Å². The predicted molar refractivity (Wildman–Crippen MR) is 106 cm³/mol. The van der Waals surface area contributed by atoms with Crippen molar-refractivity contribution >= 4 is 52.6 Å². The lowest BCUT2D eigenvalue weighted by atomic mass is 10.2. The van der Waals surface area contributed by atoms with Crippen LogP contribution in [0.4, 0.5) is 11.7 Å². The first-order valence-electron chi connectivity index (χ1n) is 8.48. The highest BCUT2D eigenvalue weighted by molar-refractivity contribution is 6.35. The topological polar surface area (TPSA) is 105 Å². The second-order valence-electron chi connectivity index (χ2n) is 6.19. The summed E-state index contributed by atoms with van der Waals surface area (Å²) in [4.78, 5) is 37.1. The molecular formula is C19H12Cl2N4O4. The molecule has 2 heterocycles. The average Bonchev–Trinajstić information content (AvgIpc) is 3.27. The Morgan fingerprint density at radius 1 is 0.966 bits per heavy atom. The number of hydrogen-bond acceptors (Lipinski definition) is 6. The van der Waals surface area contributed by atoms with Crippen LogP contribution >= 0.6 is 23.2 Å². The van der Waals surface area contributed by atoms with Crippen LogP contribution in [0.1, 0.15) is 23.2 Å². The maximum atomic E-state index is 12.4. The monoisotopic (exact) mass is 430 g/mol. The molecule has 0 aliphatic carbocycles. The van der Waals surface area contributed by atoms with Gasteiger partial charge in [-0.3, -0.25) is 24.6 Å². The molecule has 1 fully saturated rings. The van der Waals surface area contributed by atoms with Gasteiger partial charge >= 0.3 is 6.01 Å². The van der Waals surface area contributed by atoms with E-state index >= 15 is 0 Å². The summed E-state index contributed by atoms with van der Waals surface area (Å²) in [5.41, 5.74) is 1.23. The zero-order valence-electron chi connectivity index (χ0n) is 14.7. The van der Waals surface area contributed by atoms with Gasteiger partial charge in [0.25, 0.3) is 5.91 Å². The smallest absolute Gasteiger partial charge is 0.322 e. The molecule has 1 N–H and O–H groups in total. The van der Waals surface area contributed by atoms with Crippen LogP contribution in [0.25, 0.3) is 11.5 Å². The standard InChI is InChI=1S/C19H12Cl2N4O4/c20-12-7-11(8-13(21)9-12)18-23-24-19(29-18)22-17(28)10-1-3-14(4-2-10)25-15(26)5-6-16(25)27/h1-4,7-9H,5-6H2,(H,22,24,28). The van der Waals surface area contributed by atoms with Crippen LogP contribution in [0.15, 0.2) is 46.9 Å². The number of nitrogens with zero attached hydrogens (tertiary/aromatic N) is 3. The first kappa shape index (κ1) is 19.1. The fourth-order valence-electron chi connectivity index (χ4n) is 2.86. The number of anilines is 2. The molecule has 0 spiro atoms. The molecule has 8 nitrogen and oxygen atoms in total. The number of halogens is 2. The summed E-state index contributed by atoms with van der Waals surface area (Å²) in [7, 11) is 0. The molecule has 0 saturated carbocycles. The van der Waals surface area contributed by atoms with Crippen molar-refractivity contribution in [2.75, 3.05) is 10.2 Å². The highest BCUT2D eigenvalue weighted by Crippen LogP contribution is 2.27. The maximum absolute atomic E-state index is 12.4. The zero-order valence-corrected chi connectivity index (χ0v) is 16.2. The van der Waals surface area contributed by atoms with Crippen molar-refractivity contribution < 1.29 is 18.8 Å². The van der Waals surface area contributed by atoms with Crippen LogP contribution in [-0.2, 0) is 9.59 Å². The van der Waals surface area contributed by atoms with Crippen LogP contribution in [0.2, 0.25) is 10.0 Å². The van der Waals surface area contributed by atoms with Gasteiger partial charge in [-0.15, -0.1) is 5.10 Å². The Hall–Kier alpha value is -3.23. The Balaban J connectivity index is 1.48. The molecule has 1 aliphatic heterocycles. The van der Waals surface area contributed by atoms with Crippen LogP contribution < -0.4 is 10.2 Å². The van der Waals surface area contributed by atoms with Gasteiger partial charge in [0, 0.05) is 34.0 Å². The Morgan fingerprint density at radius 3 is 2.21 bits per heavy atom. The van der Waals surface area contributed by atoms with Gasteiger partial charge in [0.1, 0.15) is 0 Å². The van der Waals surface area contributed by atoms with E-state index in [4.69, 9.17) is 27.6 Å². The van der Waals surface area contributed by atoms with Crippen molar-refractivity contribution in [2.24, 2.45) is 0 Å². The largest absolute Gasteiger partial charge is 0.403 e. The minimum absolute atomic E-state index is 0.102. The number of hydrogen-bond donors (Lipinski definition) is 1. The molecule has 1 saturated heterocycles. The van der Waals surface area contributed by atoms with Gasteiger partial charge < -0.3 is 4.42 Å². The molecule has 1 aromatic heterocycles. The van der Waals surface area contributed by atoms with E-state index in [0.29, 0.717) is 26.9 Å². The fourth-order valence-corrected chi connectivity index (χ4v) is 3.39. The van der Waals surface area contributed by atoms with Crippen molar-refractivity contribution in [3.8, 4) is 11.5 Å². The van der Waals surface area contributed by atoms with Crippen molar-refractivity contribution in [1.82, 2.24) is 10.2 Å². The van der Waals surface area contributed by atoms with Crippen LogP contribution in [-0.4, -0.2) is 27.9 Å². The summed E-state index contributed by atoms with van der Waals surface area (Å²) < 4.78 is 5.44. The third-order valence-electron chi connectivity index (χ3n) is 4.19.